The number of carboxylic acids is 1. The minimum atomic E-state index is -0.905. The molecule has 4 rings (SSSR count). The van der Waals surface area contributed by atoms with E-state index in [4.69, 9.17) is 33.7 Å². The van der Waals surface area contributed by atoms with E-state index in [1.165, 1.54) is 16.7 Å². The van der Waals surface area contributed by atoms with E-state index in [1.807, 2.05) is 48.5 Å². The zero-order valence-electron chi connectivity index (χ0n) is 17.2. The molecule has 1 aliphatic rings. The average Bonchev–Trinajstić information content (AvgIpc) is 3.07. The van der Waals surface area contributed by atoms with Crippen LogP contribution in [0.25, 0.3) is 6.08 Å². The number of hydrogen-bond donors (Lipinski definition) is 1. The van der Waals surface area contributed by atoms with E-state index in [-0.39, 0.29) is 12.3 Å². The van der Waals surface area contributed by atoms with Crippen molar-refractivity contribution in [2.75, 3.05) is 4.90 Å². The molecule has 0 radical (unpaired) electrons. The average molecular weight is 496 g/mol. The number of thiocarbonyl (C=S) groups is 1. The molecule has 166 valence electrons. The van der Waals surface area contributed by atoms with Crippen molar-refractivity contribution in [2.24, 2.45) is 0 Å². The van der Waals surface area contributed by atoms with Crippen molar-refractivity contribution >= 4 is 63.5 Å². The number of aliphatic carboxylic acids is 1. The molecule has 0 spiro atoms. The highest BCUT2D eigenvalue weighted by Crippen LogP contribution is 2.36. The van der Waals surface area contributed by atoms with E-state index in [0.717, 1.165) is 16.9 Å². The monoisotopic (exact) mass is 495 g/mol. The van der Waals surface area contributed by atoms with E-state index in [9.17, 15) is 9.59 Å². The molecule has 1 amide bonds. The molecule has 0 aliphatic carbocycles. The Morgan fingerprint density at radius 3 is 2.27 bits per heavy atom. The van der Waals surface area contributed by atoms with Gasteiger partial charge in [0, 0.05) is 5.02 Å². The van der Waals surface area contributed by atoms with Crippen molar-refractivity contribution in [1.29, 1.82) is 0 Å². The fourth-order valence-electron chi connectivity index (χ4n) is 3.19. The summed E-state index contributed by atoms with van der Waals surface area (Å²) in [6, 6.07) is 21.7. The highest BCUT2D eigenvalue weighted by atomic mass is 35.5. The lowest BCUT2D eigenvalue weighted by Gasteiger charge is -2.14. The number of anilines is 1. The molecule has 0 atom stereocenters. The number of benzene rings is 3. The topological polar surface area (TPSA) is 66.8 Å². The molecule has 1 saturated heterocycles. The molecule has 0 unspecified atom stereocenters. The van der Waals surface area contributed by atoms with Crippen LogP contribution in [-0.4, -0.2) is 21.3 Å². The second-order valence-electron chi connectivity index (χ2n) is 7.24. The summed E-state index contributed by atoms with van der Waals surface area (Å²) in [6.45, 7) is 0.431. The summed E-state index contributed by atoms with van der Waals surface area (Å²) in [5.41, 5.74) is 3.14. The summed E-state index contributed by atoms with van der Waals surface area (Å²) in [7, 11) is 0. The first-order chi connectivity index (χ1) is 15.9. The molecule has 1 N–H and O–H groups in total. The van der Waals surface area contributed by atoms with Crippen LogP contribution in [-0.2, 0) is 22.6 Å². The number of amides is 1. The van der Waals surface area contributed by atoms with Crippen molar-refractivity contribution in [3.63, 3.8) is 0 Å². The van der Waals surface area contributed by atoms with Crippen molar-refractivity contribution < 1.29 is 19.4 Å². The maximum Gasteiger partial charge on any atom is 0.307 e. The molecule has 1 heterocycles. The molecular weight excluding hydrogens is 478 g/mol. The van der Waals surface area contributed by atoms with Crippen molar-refractivity contribution in [3.8, 4) is 5.75 Å². The van der Waals surface area contributed by atoms with Crippen LogP contribution in [0.1, 0.15) is 16.7 Å². The second-order valence-corrected chi connectivity index (χ2v) is 9.35. The minimum absolute atomic E-state index is 0.0714. The SMILES string of the molecule is O=C(O)Cc1ccc(N2C(=O)/C(=C/c3ccc(OCc4ccc(Cl)cc4)cc3)SC2=S)cc1. The van der Waals surface area contributed by atoms with Crippen LogP contribution in [0.5, 0.6) is 5.75 Å². The predicted octanol–water partition coefficient (Wildman–Crippen LogP) is 5.95. The van der Waals surface area contributed by atoms with Crippen LogP contribution in [0.15, 0.2) is 77.7 Å². The Hall–Kier alpha value is -3.13. The molecule has 0 aromatic heterocycles. The number of carboxylic acid groups (broad SMARTS) is 1. The molecule has 0 bridgehead atoms. The quantitative estimate of drug-likeness (QED) is 0.322. The van der Waals surface area contributed by atoms with Crippen molar-refractivity contribution in [2.45, 2.75) is 13.0 Å². The largest absolute Gasteiger partial charge is 0.489 e. The maximum absolute atomic E-state index is 13.0. The van der Waals surface area contributed by atoms with Gasteiger partial charge in [0.25, 0.3) is 5.91 Å². The summed E-state index contributed by atoms with van der Waals surface area (Å²) in [4.78, 5) is 25.8. The number of carbonyl (C=O) groups is 2. The molecule has 33 heavy (non-hydrogen) atoms. The van der Waals surface area contributed by atoms with E-state index in [0.29, 0.717) is 32.1 Å². The molecular formula is C25H18ClNO4S2. The third kappa shape index (κ3) is 5.82. The maximum atomic E-state index is 13.0. The Balaban J connectivity index is 1.42. The standard InChI is InChI=1S/C25H18ClNO4S2/c26-19-7-1-18(2-8-19)15-31-21-11-5-16(6-12-21)13-22-24(30)27(25(32)33-22)20-9-3-17(4-10-20)14-23(28)29/h1-13H,14-15H2,(H,28,29)/b22-13-. The number of halogens is 1. The summed E-state index contributed by atoms with van der Waals surface area (Å²) in [5, 5.41) is 9.59. The van der Waals surface area contributed by atoms with Gasteiger partial charge in [-0.2, -0.15) is 0 Å². The Morgan fingerprint density at radius 1 is 1.00 bits per heavy atom. The fraction of sp³-hybridized carbons (Fsp3) is 0.0800. The number of thioether (sulfide) groups is 1. The molecule has 5 nitrogen and oxygen atoms in total. The van der Waals surface area contributed by atoms with Gasteiger partial charge in [-0.05, 0) is 59.2 Å². The van der Waals surface area contributed by atoms with E-state index < -0.39 is 5.97 Å². The first kappa shape index (κ1) is 23.0. The van der Waals surface area contributed by atoms with Crippen LogP contribution in [0.4, 0.5) is 5.69 Å². The van der Waals surface area contributed by atoms with E-state index >= 15 is 0 Å². The third-order valence-electron chi connectivity index (χ3n) is 4.84. The number of rotatable bonds is 7. The van der Waals surface area contributed by atoms with Gasteiger partial charge in [-0.25, -0.2) is 0 Å². The fourth-order valence-corrected chi connectivity index (χ4v) is 4.61. The van der Waals surface area contributed by atoms with Crippen LogP contribution in [0, 0.1) is 0 Å². The lowest BCUT2D eigenvalue weighted by Crippen LogP contribution is -2.27. The number of hydrogen-bond acceptors (Lipinski definition) is 5. The zero-order valence-corrected chi connectivity index (χ0v) is 19.6. The number of ether oxygens (including phenoxy) is 1. The highest BCUT2D eigenvalue weighted by molar-refractivity contribution is 8.27. The van der Waals surface area contributed by atoms with Gasteiger partial charge < -0.3 is 9.84 Å². The Kier molecular flexibility index (Phi) is 7.13. The van der Waals surface area contributed by atoms with Crippen molar-refractivity contribution in [3.05, 3.63) is 99.4 Å². The summed E-state index contributed by atoms with van der Waals surface area (Å²) < 4.78 is 6.23. The molecule has 0 saturated carbocycles. The van der Waals surface area contributed by atoms with Gasteiger partial charge in [-0.15, -0.1) is 0 Å². The van der Waals surface area contributed by atoms with Gasteiger partial charge in [0.1, 0.15) is 12.4 Å². The first-order valence-corrected chi connectivity index (χ1v) is 11.6. The smallest absolute Gasteiger partial charge is 0.307 e. The van der Waals surface area contributed by atoms with Crippen LogP contribution in [0.2, 0.25) is 5.02 Å². The van der Waals surface area contributed by atoms with Gasteiger partial charge in [0.15, 0.2) is 4.32 Å². The Bertz CT molecular complexity index is 1220. The lowest BCUT2D eigenvalue weighted by atomic mass is 10.1. The molecule has 8 heteroatoms. The Labute approximate surface area is 205 Å². The van der Waals surface area contributed by atoms with Gasteiger partial charge in [-0.1, -0.05) is 72.0 Å². The predicted molar refractivity (Wildman–Crippen MR) is 136 cm³/mol. The third-order valence-corrected chi connectivity index (χ3v) is 6.39. The van der Waals surface area contributed by atoms with Crippen molar-refractivity contribution in [1.82, 2.24) is 0 Å². The summed E-state index contributed by atoms with van der Waals surface area (Å²) in [5.74, 6) is -0.396. The minimum Gasteiger partial charge on any atom is -0.489 e. The zero-order chi connectivity index (χ0) is 23.4. The van der Waals surface area contributed by atoms with E-state index in [2.05, 4.69) is 0 Å². The summed E-state index contributed by atoms with van der Waals surface area (Å²) in [6.07, 6.45) is 1.72. The van der Waals surface area contributed by atoms with Crippen LogP contribution in [0.3, 0.4) is 0 Å². The van der Waals surface area contributed by atoms with Crippen LogP contribution >= 0.6 is 35.6 Å². The van der Waals surface area contributed by atoms with E-state index in [1.54, 1.807) is 30.3 Å². The summed E-state index contributed by atoms with van der Waals surface area (Å²) >= 11 is 12.5. The normalized spacial score (nSPS) is 14.7. The molecule has 3 aromatic rings. The molecule has 3 aromatic carbocycles. The number of nitrogens with zero attached hydrogens (tertiary/aromatic N) is 1. The number of carbonyl (C=O) groups excluding carboxylic acids is 1. The second kappa shape index (κ2) is 10.2. The Morgan fingerprint density at radius 2 is 1.64 bits per heavy atom. The van der Waals surface area contributed by atoms with Gasteiger partial charge in [0.05, 0.1) is 17.0 Å². The lowest BCUT2D eigenvalue weighted by molar-refractivity contribution is -0.136. The molecule has 1 fully saturated rings. The highest BCUT2D eigenvalue weighted by Gasteiger charge is 2.33. The van der Waals surface area contributed by atoms with Gasteiger partial charge in [-0.3, -0.25) is 14.5 Å². The first-order valence-electron chi connectivity index (χ1n) is 9.95. The molecule has 1 aliphatic heterocycles. The van der Waals surface area contributed by atoms with Gasteiger partial charge >= 0.3 is 5.97 Å². The van der Waals surface area contributed by atoms with Gasteiger partial charge in [0.2, 0.25) is 0 Å². The van der Waals surface area contributed by atoms with Crippen LogP contribution < -0.4 is 9.64 Å².